The molecule has 0 bridgehead atoms. The zero-order valence-electron chi connectivity index (χ0n) is 21.2. The first kappa shape index (κ1) is 25.1. The number of aliphatic hydroxyl groups excluding tert-OH is 1. The average molecular weight is 502 g/mol. The number of hydrogen-bond donors (Lipinski definition) is 1. The van der Waals surface area contributed by atoms with Crippen LogP contribution in [0.5, 0.6) is 0 Å². The van der Waals surface area contributed by atoms with Gasteiger partial charge in [-0.2, -0.15) is 0 Å². The maximum absolute atomic E-state index is 13.6. The van der Waals surface area contributed by atoms with Crippen molar-refractivity contribution in [2.75, 3.05) is 13.1 Å². The summed E-state index contributed by atoms with van der Waals surface area (Å²) in [6, 6.07) is 19.8. The number of nitrogens with zero attached hydrogens (tertiary/aromatic N) is 3. The highest BCUT2D eigenvalue weighted by molar-refractivity contribution is 5.84. The third-order valence-corrected chi connectivity index (χ3v) is 7.02. The van der Waals surface area contributed by atoms with Crippen LogP contribution in [-0.2, 0) is 26.1 Å². The Bertz CT molecular complexity index is 1540. The molecule has 0 unspecified atom stereocenters. The van der Waals surface area contributed by atoms with E-state index in [1.54, 1.807) is 28.8 Å². The number of hydrogen-bond acceptors (Lipinski definition) is 4. The molecule has 0 aliphatic carbocycles. The smallest absolute Gasteiger partial charge is 0.331 e. The molecule has 2 heterocycles. The van der Waals surface area contributed by atoms with Crippen molar-refractivity contribution in [3.63, 3.8) is 0 Å². The first-order chi connectivity index (χ1) is 17.8. The van der Waals surface area contributed by atoms with Gasteiger partial charge < -0.3 is 5.11 Å². The Hall–Kier alpha value is -3.55. The molecule has 4 aromatic rings. The summed E-state index contributed by atoms with van der Waals surface area (Å²) in [5.41, 5.74) is 3.84. The highest BCUT2D eigenvalue weighted by Gasteiger charge is 2.21. The van der Waals surface area contributed by atoms with Gasteiger partial charge in [0, 0.05) is 26.2 Å². The van der Waals surface area contributed by atoms with Crippen molar-refractivity contribution in [3.8, 4) is 11.1 Å². The van der Waals surface area contributed by atoms with E-state index in [0.29, 0.717) is 24.0 Å². The van der Waals surface area contributed by atoms with Crippen LogP contribution in [0.1, 0.15) is 25.0 Å². The van der Waals surface area contributed by atoms with Crippen molar-refractivity contribution < 1.29 is 9.50 Å². The predicted octanol–water partition coefficient (Wildman–Crippen LogP) is 4.04. The minimum atomic E-state index is -0.874. The second-order valence-electron chi connectivity index (χ2n) is 10.3. The molecule has 1 aliphatic heterocycles. The van der Waals surface area contributed by atoms with E-state index in [1.165, 1.54) is 27.8 Å². The maximum atomic E-state index is 13.6. The number of aromatic nitrogens is 2. The largest absolute Gasteiger partial charge is 0.390 e. The Labute approximate surface area is 215 Å². The number of β-amino-alcohol motifs (C(OH)–C–C–N with tert-alkyl or cyclic N) is 1. The first-order valence-electron chi connectivity index (χ1n) is 12.8. The van der Waals surface area contributed by atoms with Crippen LogP contribution in [0.25, 0.3) is 22.0 Å². The normalized spacial score (nSPS) is 14.7. The van der Waals surface area contributed by atoms with E-state index >= 15 is 0 Å². The summed E-state index contributed by atoms with van der Waals surface area (Å²) < 4.78 is 16.2. The number of halogens is 1. The third-order valence-electron chi connectivity index (χ3n) is 7.02. The lowest BCUT2D eigenvalue weighted by atomic mass is 10.00. The molecule has 6 nitrogen and oxygen atoms in total. The van der Waals surface area contributed by atoms with Gasteiger partial charge in [-0.1, -0.05) is 56.3 Å². The predicted molar refractivity (Wildman–Crippen MR) is 144 cm³/mol. The topological polar surface area (TPSA) is 67.5 Å². The van der Waals surface area contributed by atoms with Gasteiger partial charge in [0.15, 0.2) is 0 Å². The highest BCUT2D eigenvalue weighted by atomic mass is 19.1. The van der Waals surface area contributed by atoms with E-state index in [0.717, 1.165) is 30.6 Å². The fourth-order valence-electron chi connectivity index (χ4n) is 5.22. The number of rotatable bonds is 7. The monoisotopic (exact) mass is 501 g/mol. The van der Waals surface area contributed by atoms with E-state index in [-0.39, 0.29) is 18.3 Å². The lowest BCUT2D eigenvalue weighted by Gasteiger charge is -2.30. The van der Waals surface area contributed by atoms with Gasteiger partial charge in [-0.25, -0.2) is 9.18 Å². The molecule has 37 heavy (non-hydrogen) atoms. The molecule has 1 N–H and O–H groups in total. The zero-order chi connectivity index (χ0) is 26.1. The van der Waals surface area contributed by atoms with Gasteiger partial charge in [-0.05, 0) is 58.9 Å². The molecule has 0 radical (unpaired) electrons. The van der Waals surface area contributed by atoms with Crippen LogP contribution in [-0.4, -0.2) is 38.3 Å². The molecule has 0 amide bonds. The molecule has 5 rings (SSSR count). The molecule has 7 heteroatoms. The van der Waals surface area contributed by atoms with E-state index in [9.17, 15) is 19.1 Å². The number of benzene rings is 3. The molecule has 0 saturated carbocycles. The SMILES string of the molecule is CC(C)Cn1c(=O)n(C[C@H](O)CN2CCc3ccccc3C2)c(=O)c2cc(-c3ccc(F)cc3)ccc21. The summed E-state index contributed by atoms with van der Waals surface area (Å²) in [7, 11) is 0. The number of aliphatic hydroxyl groups is 1. The Morgan fingerprint density at radius 3 is 2.30 bits per heavy atom. The van der Waals surface area contributed by atoms with Crippen LogP contribution in [0, 0.1) is 11.7 Å². The molecular formula is C30H32FN3O3. The Morgan fingerprint density at radius 2 is 1.57 bits per heavy atom. The molecule has 1 aliphatic rings. The zero-order valence-corrected chi connectivity index (χ0v) is 21.2. The third kappa shape index (κ3) is 5.29. The molecular weight excluding hydrogens is 469 g/mol. The summed E-state index contributed by atoms with van der Waals surface area (Å²) in [6.07, 6.45) is 0.0347. The fourth-order valence-corrected chi connectivity index (χ4v) is 5.22. The highest BCUT2D eigenvalue weighted by Crippen LogP contribution is 2.23. The summed E-state index contributed by atoms with van der Waals surface area (Å²) in [5.74, 6) is -0.147. The van der Waals surface area contributed by atoms with Gasteiger partial charge >= 0.3 is 5.69 Å². The quantitative estimate of drug-likeness (QED) is 0.415. The molecule has 0 saturated heterocycles. The summed E-state index contributed by atoms with van der Waals surface area (Å²) >= 11 is 0. The van der Waals surface area contributed by atoms with Crippen molar-refractivity contribution in [1.82, 2.24) is 14.0 Å². The van der Waals surface area contributed by atoms with Crippen molar-refractivity contribution >= 4 is 10.9 Å². The van der Waals surface area contributed by atoms with Crippen LogP contribution in [0.4, 0.5) is 4.39 Å². The van der Waals surface area contributed by atoms with Crippen LogP contribution in [0.3, 0.4) is 0 Å². The second-order valence-corrected chi connectivity index (χ2v) is 10.3. The van der Waals surface area contributed by atoms with E-state index in [2.05, 4.69) is 17.0 Å². The standard InChI is InChI=1S/C30H32FN3O3/c1-20(2)16-33-28-12-9-23(22-7-10-25(31)11-8-22)15-27(28)29(36)34(30(33)37)19-26(35)18-32-14-13-21-5-3-4-6-24(21)17-32/h3-12,15,20,26,35H,13-14,16-19H2,1-2H3/t26-/m1/s1. The average Bonchev–Trinajstić information content (AvgIpc) is 2.89. The van der Waals surface area contributed by atoms with Gasteiger partial charge in [0.2, 0.25) is 0 Å². The van der Waals surface area contributed by atoms with Crippen LogP contribution < -0.4 is 11.2 Å². The Morgan fingerprint density at radius 1 is 0.865 bits per heavy atom. The first-order valence-corrected chi connectivity index (χ1v) is 12.8. The van der Waals surface area contributed by atoms with E-state index in [1.807, 2.05) is 32.0 Å². The lowest BCUT2D eigenvalue weighted by molar-refractivity contribution is 0.0896. The Balaban J connectivity index is 1.48. The van der Waals surface area contributed by atoms with Crippen molar-refractivity contribution in [1.29, 1.82) is 0 Å². The minimum absolute atomic E-state index is 0.0787. The summed E-state index contributed by atoms with van der Waals surface area (Å²) in [6.45, 7) is 6.33. The molecule has 1 atom stereocenters. The maximum Gasteiger partial charge on any atom is 0.331 e. The van der Waals surface area contributed by atoms with Crippen molar-refractivity contribution in [3.05, 3.63) is 105 Å². The molecule has 0 fully saturated rings. The molecule has 192 valence electrons. The van der Waals surface area contributed by atoms with Gasteiger partial charge in [0.25, 0.3) is 5.56 Å². The van der Waals surface area contributed by atoms with Gasteiger partial charge in [0.05, 0.1) is 23.6 Å². The Kier molecular flexibility index (Phi) is 7.09. The fraction of sp³-hybridized carbons (Fsp3) is 0.333. The minimum Gasteiger partial charge on any atom is -0.390 e. The van der Waals surface area contributed by atoms with Crippen LogP contribution in [0.15, 0.2) is 76.3 Å². The van der Waals surface area contributed by atoms with Crippen molar-refractivity contribution in [2.45, 2.75) is 46.0 Å². The van der Waals surface area contributed by atoms with Crippen LogP contribution >= 0.6 is 0 Å². The molecule has 0 spiro atoms. The van der Waals surface area contributed by atoms with Crippen LogP contribution in [0.2, 0.25) is 0 Å². The van der Waals surface area contributed by atoms with Gasteiger partial charge in [-0.3, -0.25) is 18.8 Å². The number of fused-ring (bicyclic) bond motifs is 2. The van der Waals surface area contributed by atoms with Gasteiger partial charge in [-0.15, -0.1) is 0 Å². The molecule has 1 aromatic heterocycles. The second kappa shape index (κ2) is 10.4. The summed E-state index contributed by atoms with van der Waals surface area (Å²) in [5, 5.41) is 11.4. The summed E-state index contributed by atoms with van der Waals surface area (Å²) in [4.78, 5) is 29.2. The van der Waals surface area contributed by atoms with E-state index in [4.69, 9.17) is 0 Å². The lowest BCUT2D eigenvalue weighted by Crippen LogP contribution is -2.45. The van der Waals surface area contributed by atoms with Gasteiger partial charge in [0.1, 0.15) is 5.82 Å². The molecule has 3 aromatic carbocycles. The van der Waals surface area contributed by atoms with E-state index < -0.39 is 17.4 Å². The van der Waals surface area contributed by atoms with Crippen molar-refractivity contribution in [2.24, 2.45) is 5.92 Å².